The molecule has 0 spiro atoms. The van der Waals surface area contributed by atoms with Crippen LogP contribution in [0.25, 0.3) is 0 Å². The molecule has 2 rings (SSSR count). The molecule has 1 atom stereocenters. The summed E-state index contributed by atoms with van der Waals surface area (Å²) < 4.78 is 54.6. The monoisotopic (exact) mass is 430 g/mol. The van der Waals surface area contributed by atoms with Gasteiger partial charge >= 0.3 is 6.18 Å². The maximum Gasteiger partial charge on any atom is 0.416 e. The van der Waals surface area contributed by atoms with E-state index < -0.39 is 11.7 Å². The molecule has 8 heteroatoms. The van der Waals surface area contributed by atoms with Gasteiger partial charge < -0.3 is 19.3 Å². The van der Waals surface area contributed by atoms with Crippen LogP contribution < -0.4 is 9.47 Å². The number of rotatable bonds is 11. The summed E-state index contributed by atoms with van der Waals surface area (Å²) in [5, 5.41) is 8.85. The number of ether oxygens (including phenoxy) is 3. The van der Waals surface area contributed by atoms with Crippen molar-refractivity contribution in [3.05, 3.63) is 53.6 Å². The lowest BCUT2D eigenvalue weighted by Gasteiger charge is -2.18. The van der Waals surface area contributed by atoms with Crippen LogP contribution >= 0.6 is 11.8 Å². The molecule has 1 N–H and O–H groups in total. The Bertz CT molecular complexity index is 751. The summed E-state index contributed by atoms with van der Waals surface area (Å²) in [4.78, 5) is 1.04. The molecular weight excluding hydrogens is 405 g/mol. The first-order chi connectivity index (χ1) is 13.8. The van der Waals surface area contributed by atoms with Crippen molar-refractivity contribution in [2.24, 2.45) is 0 Å². The quantitative estimate of drug-likeness (QED) is 0.511. The Morgan fingerprint density at radius 1 is 1.07 bits per heavy atom. The zero-order chi connectivity index (χ0) is 21.3. The minimum Gasteiger partial charge on any atom is -0.491 e. The summed E-state index contributed by atoms with van der Waals surface area (Å²) in [5.41, 5.74) is 0.265. The van der Waals surface area contributed by atoms with E-state index in [-0.39, 0.29) is 25.9 Å². The average Bonchev–Trinajstić information content (AvgIpc) is 2.69. The van der Waals surface area contributed by atoms with Gasteiger partial charge in [-0.15, -0.1) is 11.8 Å². The molecule has 0 saturated carbocycles. The average molecular weight is 430 g/mol. The lowest BCUT2D eigenvalue weighted by molar-refractivity contribution is -0.137. The van der Waals surface area contributed by atoms with Crippen LogP contribution in [0, 0.1) is 6.92 Å². The number of hydrogen-bond acceptors (Lipinski definition) is 5. The number of aliphatic hydroxyl groups excluding tert-OH is 1. The van der Waals surface area contributed by atoms with Gasteiger partial charge in [-0.05, 0) is 61.9 Å². The number of aliphatic hydroxyl groups is 1. The Kier molecular flexibility index (Phi) is 9.13. The molecule has 0 unspecified atom stereocenters. The van der Waals surface area contributed by atoms with Gasteiger partial charge in [0.1, 0.15) is 30.8 Å². The molecule has 0 radical (unpaired) electrons. The number of benzene rings is 2. The maximum atomic E-state index is 12.6. The molecule has 0 saturated heterocycles. The van der Waals surface area contributed by atoms with Crippen molar-refractivity contribution in [3.8, 4) is 11.5 Å². The van der Waals surface area contributed by atoms with Gasteiger partial charge in [0.05, 0.1) is 12.2 Å². The zero-order valence-corrected chi connectivity index (χ0v) is 17.2. The number of aryl methyl sites for hydroxylation is 1. The van der Waals surface area contributed by atoms with Gasteiger partial charge in [0.15, 0.2) is 0 Å². The van der Waals surface area contributed by atoms with Gasteiger partial charge in [-0.1, -0.05) is 0 Å². The summed E-state index contributed by atoms with van der Waals surface area (Å²) in [6, 6.07) is 10.4. The molecule has 0 aliphatic heterocycles. The van der Waals surface area contributed by atoms with Crippen LogP contribution in [0.15, 0.2) is 47.4 Å². The molecule has 4 nitrogen and oxygen atoms in total. The molecule has 0 amide bonds. The third-order valence-corrected chi connectivity index (χ3v) is 5.08. The van der Waals surface area contributed by atoms with Crippen LogP contribution in [0.2, 0.25) is 0 Å². The highest BCUT2D eigenvalue weighted by Gasteiger charge is 2.30. The summed E-state index contributed by atoms with van der Waals surface area (Å²) >= 11 is 1.60. The molecule has 0 aromatic heterocycles. The van der Waals surface area contributed by atoms with E-state index in [1.54, 1.807) is 11.8 Å². The van der Waals surface area contributed by atoms with E-state index >= 15 is 0 Å². The van der Waals surface area contributed by atoms with E-state index in [4.69, 9.17) is 19.3 Å². The molecule has 2 aromatic rings. The van der Waals surface area contributed by atoms with Crippen molar-refractivity contribution >= 4 is 11.8 Å². The minimum atomic E-state index is -4.36. The Morgan fingerprint density at radius 3 is 2.38 bits per heavy atom. The standard InChI is InChI=1S/C21H25F3O4S/c1-3-26-18(13-28-17-6-4-16(5-7-17)21(22,23)24)14-29-19-8-9-20(15(2)12-19)27-11-10-25/h4-9,12,18,25H,3,10-11,13-14H2,1-2H3/t18-/m1/s1. The first kappa shape index (κ1) is 23.4. The molecule has 0 heterocycles. The molecule has 0 fully saturated rings. The fraction of sp³-hybridized carbons (Fsp3) is 0.429. The second-order valence-electron chi connectivity index (χ2n) is 6.22. The largest absolute Gasteiger partial charge is 0.491 e. The Balaban J connectivity index is 1.89. The number of halogens is 3. The molecule has 0 bridgehead atoms. The van der Waals surface area contributed by atoms with E-state index in [0.717, 1.165) is 28.3 Å². The number of alkyl halides is 3. The van der Waals surface area contributed by atoms with Crippen molar-refractivity contribution in [2.75, 3.05) is 32.2 Å². The van der Waals surface area contributed by atoms with Crippen LogP contribution in [-0.4, -0.2) is 43.4 Å². The van der Waals surface area contributed by atoms with E-state index in [2.05, 4.69) is 0 Å². The third kappa shape index (κ3) is 7.79. The zero-order valence-electron chi connectivity index (χ0n) is 16.4. The fourth-order valence-electron chi connectivity index (χ4n) is 2.53. The highest BCUT2D eigenvalue weighted by Crippen LogP contribution is 2.30. The molecule has 29 heavy (non-hydrogen) atoms. The van der Waals surface area contributed by atoms with Gasteiger partial charge in [0, 0.05) is 17.3 Å². The van der Waals surface area contributed by atoms with Crippen LogP contribution in [0.1, 0.15) is 18.1 Å². The predicted octanol–water partition coefficient (Wildman–Crippen LogP) is 4.96. The SMILES string of the molecule is CCO[C@H](COc1ccc(C(F)(F)F)cc1)CSc1ccc(OCCO)c(C)c1. The summed E-state index contributed by atoms with van der Waals surface area (Å²) in [6.45, 7) is 4.78. The van der Waals surface area contributed by atoms with Crippen LogP contribution in [0.3, 0.4) is 0 Å². The third-order valence-electron chi connectivity index (χ3n) is 3.95. The minimum absolute atomic E-state index is 0.0368. The smallest absolute Gasteiger partial charge is 0.416 e. The second kappa shape index (κ2) is 11.3. The Hall–Kier alpha value is -1.90. The molecule has 160 valence electrons. The number of hydrogen-bond donors (Lipinski definition) is 1. The second-order valence-corrected chi connectivity index (χ2v) is 7.31. The molecule has 2 aromatic carbocycles. The first-order valence-electron chi connectivity index (χ1n) is 9.22. The highest BCUT2D eigenvalue weighted by atomic mass is 32.2. The van der Waals surface area contributed by atoms with Gasteiger partial charge in [0.25, 0.3) is 0 Å². The normalized spacial score (nSPS) is 12.6. The van der Waals surface area contributed by atoms with E-state index in [9.17, 15) is 13.2 Å². The summed E-state index contributed by atoms with van der Waals surface area (Å²) in [7, 11) is 0. The van der Waals surface area contributed by atoms with Gasteiger partial charge in [-0.25, -0.2) is 0 Å². The van der Waals surface area contributed by atoms with Crippen molar-refractivity contribution in [2.45, 2.75) is 31.0 Å². The Labute approximate surface area is 173 Å². The van der Waals surface area contributed by atoms with E-state index in [0.29, 0.717) is 18.1 Å². The topological polar surface area (TPSA) is 47.9 Å². The van der Waals surface area contributed by atoms with Gasteiger partial charge in [-0.3, -0.25) is 0 Å². The summed E-state index contributed by atoms with van der Waals surface area (Å²) in [5.74, 6) is 1.73. The van der Waals surface area contributed by atoms with Gasteiger partial charge in [-0.2, -0.15) is 13.2 Å². The van der Waals surface area contributed by atoms with Crippen LogP contribution in [0.5, 0.6) is 11.5 Å². The van der Waals surface area contributed by atoms with Gasteiger partial charge in [0.2, 0.25) is 0 Å². The van der Waals surface area contributed by atoms with Crippen LogP contribution in [-0.2, 0) is 10.9 Å². The van der Waals surface area contributed by atoms with Crippen molar-refractivity contribution in [1.82, 2.24) is 0 Å². The van der Waals surface area contributed by atoms with E-state index in [1.807, 2.05) is 32.0 Å². The van der Waals surface area contributed by atoms with Crippen LogP contribution in [0.4, 0.5) is 13.2 Å². The first-order valence-corrected chi connectivity index (χ1v) is 10.2. The highest BCUT2D eigenvalue weighted by molar-refractivity contribution is 7.99. The molecule has 0 aliphatic rings. The fourth-order valence-corrected chi connectivity index (χ4v) is 3.52. The molecule has 0 aliphatic carbocycles. The van der Waals surface area contributed by atoms with E-state index in [1.165, 1.54) is 12.1 Å². The number of thioether (sulfide) groups is 1. The van der Waals surface area contributed by atoms with Crippen molar-refractivity contribution in [3.63, 3.8) is 0 Å². The lowest BCUT2D eigenvalue weighted by Crippen LogP contribution is -2.24. The Morgan fingerprint density at radius 2 is 1.79 bits per heavy atom. The predicted molar refractivity (Wildman–Crippen MR) is 107 cm³/mol. The van der Waals surface area contributed by atoms with Crippen molar-refractivity contribution < 1.29 is 32.5 Å². The lowest BCUT2D eigenvalue weighted by atomic mass is 10.2. The molecular formula is C21H25F3O4S. The maximum absolute atomic E-state index is 12.6. The summed E-state index contributed by atoms with van der Waals surface area (Å²) in [6.07, 6.45) is -4.57. The van der Waals surface area contributed by atoms with Crippen molar-refractivity contribution in [1.29, 1.82) is 0 Å².